The van der Waals surface area contributed by atoms with Crippen LogP contribution >= 0.6 is 0 Å². The fourth-order valence-electron chi connectivity index (χ4n) is 4.62. The Balaban J connectivity index is 1.60. The molecule has 3 aromatic carbocycles. The molecular weight excluding hydrogens is 508 g/mol. The van der Waals surface area contributed by atoms with Crippen molar-refractivity contribution in [3.63, 3.8) is 0 Å². The molecule has 39 heavy (non-hydrogen) atoms. The van der Waals surface area contributed by atoms with Crippen LogP contribution in [0.3, 0.4) is 0 Å². The van der Waals surface area contributed by atoms with E-state index >= 15 is 0 Å². The van der Waals surface area contributed by atoms with E-state index in [-0.39, 0.29) is 41.1 Å². The first-order valence-electron chi connectivity index (χ1n) is 11.9. The van der Waals surface area contributed by atoms with E-state index in [2.05, 4.69) is 4.74 Å². The maximum absolute atomic E-state index is 13.6. The first kappa shape index (κ1) is 25.7. The average Bonchev–Trinajstić information content (AvgIpc) is 2.95. The van der Waals surface area contributed by atoms with Gasteiger partial charge in [-0.15, -0.1) is 0 Å². The van der Waals surface area contributed by atoms with E-state index < -0.39 is 23.3 Å². The highest BCUT2D eigenvalue weighted by Gasteiger charge is 2.33. The number of ether oxygens (including phenoxy) is 5. The van der Waals surface area contributed by atoms with Gasteiger partial charge in [-0.1, -0.05) is 18.2 Å². The zero-order chi connectivity index (χ0) is 27.7. The highest BCUT2D eigenvalue weighted by Crippen LogP contribution is 2.46. The van der Waals surface area contributed by atoms with Crippen LogP contribution in [0.15, 0.2) is 64.0 Å². The van der Waals surface area contributed by atoms with Gasteiger partial charge < -0.3 is 33.2 Å². The fraction of sp³-hybridized carbons (Fsp3) is 0.207. The lowest BCUT2D eigenvalue weighted by Crippen LogP contribution is -2.22. The summed E-state index contributed by atoms with van der Waals surface area (Å²) < 4.78 is 32.0. The molecular formula is C29H24O10. The molecule has 0 bridgehead atoms. The number of phenolic OH excluding ortho intramolecular Hbond substituents is 1. The van der Waals surface area contributed by atoms with Crippen LogP contribution in [0.25, 0.3) is 22.1 Å². The number of carbonyl (C=O) groups is 2. The van der Waals surface area contributed by atoms with Crippen LogP contribution < -0.4 is 24.4 Å². The molecule has 10 nitrogen and oxygen atoms in total. The van der Waals surface area contributed by atoms with E-state index in [4.69, 9.17) is 23.4 Å². The van der Waals surface area contributed by atoms with Gasteiger partial charge in [0.1, 0.15) is 34.5 Å². The lowest BCUT2D eigenvalue weighted by atomic mass is 9.85. The number of rotatable bonds is 7. The van der Waals surface area contributed by atoms with Crippen LogP contribution in [-0.4, -0.2) is 45.0 Å². The summed E-state index contributed by atoms with van der Waals surface area (Å²) in [6, 6.07) is 13.0. The standard InChI is InChI=1S/C29H24O10/c1-34-21-9-6-16(10-22(21)35-2)19-13-38-29-26-18(15-4-7-17(8-5-15)37-14-25(32)36-3)11-24(31)39-23(26)12-20(30)27(29)28(19)33/h4-10,12-13,18,30H,11,14H2,1-3H3/t18-/m1/s1. The van der Waals surface area contributed by atoms with E-state index in [1.165, 1.54) is 33.7 Å². The maximum Gasteiger partial charge on any atom is 0.343 e. The lowest BCUT2D eigenvalue weighted by Gasteiger charge is -2.26. The SMILES string of the molecule is COC(=O)COc1ccc([C@H]2CC(=O)Oc3cc(O)c4c(=O)c(-c5ccc(OC)c(OC)c5)coc4c32)cc1. The topological polar surface area (TPSA) is 131 Å². The molecule has 1 aliphatic heterocycles. The Hall–Kier alpha value is -4.99. The Morgan fingerprint density at radius 1 is 1.00 bits per heavy atom. The van der Waals surface area contributed by atoms with Crippen LogP contribution in [0.4, 0.5) is 0 Å². The number of esters is 2. The normalized spacial score (nSPS) is 14.3. The predicted octanol–water partition coefficient (Wildman–Crippen LogP) is 4.18. The van der Waals surface area contributed by atoms with Crippen molar-refractivity contribution in [2.45, 2.75) is 12.3 Å². The second-order valence-corrected chi connectivity index (χ2v) is 8.72. The van der Waals surface area contributed by atoms with E-state index in [0.29, 0.717) is 28.4 Å². The Labute approximate surface area is 222 Å². The predicted molar refractivity (Wildman–Crippen MR) is 139 cm³/mol. The number of phenols is 1. The number of fused-ring (bicyclic) bond motifs is 3. The van der Waals surface area contributed by atoms with Crippen molar-refractivity contribution in [2.75, 3.05) is 27.9 Å². The number of aromatic hydroxyl groups is 1. The van der Waals surface area contributed by atoms with Crippen LogP contribution in [0.2, 0.25) is 0 Å². The zero-order valence-electron chi connectivity index (χ0n) is 21.3. The summed E-state index contributed by atoms with van der Waals surface area (Å²) in [5.74, 6) is -0.462. The summed E-state index contributed by atoms with van der Waals surface area (Å²) in [6.45, 7) is -0.244. The summed E-state index contributed by atoms with van der Waals surface area (Å²) in [5, 5.41) is 10.8. The van der Waals surface area contributed by atoms with E-state index in [0.717, 1.165) is 5.56 Å². The molecule has 1 aromatic heterocycles. The minimum absolute atomic E-state index is 0.0175. The molecule has 0 aliphatic carbocycles. The van der Waals surface area contributed by atoms with Gasteiger partial charge in [-0.25, -0.2) is 4.79 Å². The fourth-order valence-corrected chi connectivity index (χ4v) is 4.62. The Bertz CT molecular complexity index is 1640. The minimum Gasteiger partial charge on any atom is -0.507 e. The zero-order valence-corrected chi connectivity index (χ0v) is 21.3. The maximum atomic E-state index is 13.6. The number of carbonyl (C=O) groups excluding carboxylic acids is 2. The third-order valence-electron chi connectivity index (χ3n) is 6.53. The van der Waals surface area contributed by atoms with Crippen LogP contribution in [0.1, 0.15) is 23.5 Å². The van der Waals surface area contributed by atoms with Crippen LogP contribution in [-0.2, 0) is 14.3 Å². The van der Waals surface area contributed by atoms with Gasteiger partial charge in [0.15, 0.2) is 18.1 Å². The van der Waals surface area contributed by atoms with Crippen molar-refractivity contribution in [1.29, 1.82) is 0 Å². The minimum atomic E-state index is -0.533. The molecule has 4 aromatic rings. The monoisotopic (exact) mass is 532 g/mol. The van der Waals surface area contributed by atoms with Gasteiger partial charge in [0, 0.05) is 17.5 Å². The van der Waals surface area contributed by atoms with E-state index in [1.807, 2.05) is 0 Å². The van der Waals surface area contributed by atoms with Crippen molar-refractivity contribution >= 4 is 22.9 Å². The Morgan fingerprint density at radius 3 is 2.44 bits per heavy atom. The van der Waals surface area contributed by atoms with Gasteiger partial charge in [0.05, 0.1) is 33.3 Å². The number of hydrogen-bond donors (Lipinski definition) is 1. The molecule has 0 radical (unpaired) electrons. The third kappa shape index (κ3) is 4.72. The molecule has 1 N–H and O–H groups in total. The van der Waals surface area contributed by atoms with Gasteiger partial charge in [0.25, 0.3) is 0 Å². The molecule has 10 heteroatoms. The molecule has 0 spiro atoms. The average molecular weight is 533 g/mol. The van der Waals surface area contributed by atoms with Gasteiger partial charge in [0.2, 0.25) is 5.43 Å². The summed E-state index contributed by atoms with van der Waals surface area (Å²) in [5.41, 5.74) is 1.54. The smallest absolute Gasteiger partial charge is 0.343 e. The summed E-state index contributed by atoms with van der Waals surface area (Å²) in [7, 11) is 4.27. The van der Waals surface area contributed by atoms with Crippen molar-refractivity contribution in [2.24, 2.45) is 0 Å². The summed E-state index contributed by atoms with van der Waals surface area (Å²) >= 11 is 0. The largest absolute Gasteiger partial charge is 0.507 e. The van der Waals surface area contributed by atoms with Crippen LogP contribution in [0.5, 0.6) is 28.7 Å². The molecule has 0 fully saturated rings. The van der Waals surface area contributed by atoms with Gasteiger partial charge in [-0.3, -0.25) is 9.59 Å². The summed E-state index contributed by atoms with van der Waals surface area (Å²) in [6.07, 6.45) is 1.29. The second kappa shape index (κ2) is 10.4. The van der Waals surface area contributed by atoms with Crippen molar-refractivity contribution < 1.29 is 42.8 Å². The molecule has 1 atom stereocenters. The lowest BCUT2D eigenvalue weighted by molar-refractivity contribution is -0.143. The second-order valence-electron chi connectivity index (χ2n) is 8.72. The van der Waals surface area contributed by atoms with Gasteiger partial charge in [-0.05, 0) is 35.4 Å². The number of benzene rings is 3. The van der Waals surface area contributed by atoms with Gasteiger partial charge >= 0.3 is 11.9 Å². The Kier molecular flexibility index (Phi) is 6.84. The highest BCUT2D eigenvalue weighted by molar-refractivity contribution is 5.94. The van der Waals surface area contributed by atoms with Crippen molar-refractivity contribution in [1.82, 2.24) is 0 Å². The first-order chi connectivity index (χ1) is 18.8. The molecule has 1 aliphatic rings. The molecule has 0 saturated carbocycles. The highest BCUT2D eigenvalue weighted by atomic mass is 16.6. The van der Waals surface area contributed by atoms with Crippen molar-refractivity contribution in [3.05, 3.63) is 76.1 Å². The quantitative estimate of drug-likeness (QED) is 0.273. The third-order valence-corrected chi connectivity index (χ3v) is 6.53. The molecule has 2 heterocycles. The Morgan fingerprint density at radius 2 is 1.74 bits per heavy atom. The molecule has 5 rings (SSSR count). The van der Waals surface area contributed by atoms with Crippen molar-refractivity contribution in [3.8, 4) is 39.9 Å². The van der Waals surface area contributed by atoms with Crippen LogP contribution in [0, 0.1) is 0 Å². The van der Waals surface area contributed by atoms with Gasteiger partial charge in [-0.2, -0.15) is 0 Å². The number of hydrogen-bond acceptors (Lipinski definition) is 10. The number of methoxy groups -OCH3 is 3. The molecule has 0 unspecified atom stereocenters. The van der Waals surface area contributed by atoms with E-state index in [1.54, 1.807) is 42.5 Å². The summed E-state index contributed by atoms with van der Waals surface area (Å²) in [4.78, 5) is 37.5. The first-order valence-corrected chi connectivity index (χ1v) is 11.9. The molecule has 0 amide bonds. The molecule has 0 saturated heterocycles. The molecule has 200 valence electrons. The van der Waals surface area contributed by atoms with E-state index in [9.17, 15) is 19.5 Å².